The van der Waals surface area contributed by atoms with Crippen LogP contribution < -0.4 is 10.1 Å². The van der Waals surface area contributed by atoms with Crippen LogP contribution >= 0.6 is 11.6 Å². The number of anilines is 1. The maximum absolute atomic E-state index is 13.6. The van der Waals surface area contributed by atoms with Crippen LogP contribution in [0.25, 0.3) is 11.0 Å². The molecule has 188 valence electrons. The maximum Gasteiger partial charge on any atom is 0.254 e. The van der Waals surface area contributed by atoms with Gasteiger partial charge in [-0.1, -0.05) is 29.8 Å². The van der Waals surface area contributed by atoms with Crippen molar-refractivity contribution >= 4 is 40.1 Å². The number of epoxide rings is 1. The van der Waals surface area contributed by atoms with Gasteiger partial charge in [0.1, 0.15) is 29.3 Å². The van der Waals surface area contributed by atoms with Crippen LogP contribution in [0.5, 0.6) is 11.5 Å². The van der Waals surface area contributed by atoms with Gasteiger partial charge in [-0.15, -0.1) is 0 Å². The van der Waals surface area contributed by atoms with E-state index in [1.807, 2.05) is 35.2 Å². The molecule has 0 saturated carbocycles. The van der Waals surface area contributed by atoms with Gasteiger partial charge in [-0.3, -0.25) is 9.59 Å². The van der Waals surface area contributed by atoms with Gasteiger partial charge >= 0.3 is 0 Å². The summed E-state index contributed by atoms with van der Waals surface area (Å²) in [7, 11) is 0. The second-order valence-electron chi connectivity index (χ2n) is 9.12. The number of aromatic nitrogens is 3. The van der Waals surface area contributed by atoms with Gasteiger partial charge in [-0.2, -0.15) is 0 Å². The van der Waals surface area contributed by atoms with Crippen LogP contribution in [0.1, 0.15) is 28.8 Å². The average Bonchev–Trinajstić information content (AvgIpc) is 3.67. The molecule has 10 heteroatoms. The van der Waals surface area contributed by atoms with Gasteiger partial charge in [0.05, 0.1) is 22.6 Å². The minimum Gasteiger partial charge on any atom is -0.457 e. The number of amides is 1. The highest BCUT2D eigenvalue weighted by Crippen LogP contribution is 2.32. The molecule has 2 aromatic heterocycles. The number of carbonyl (C=O) groups is 2. The number of nitrogens with zero attached hydrogens (tertiary/aromatic N) is 3. The summed E-state index contributed by atoms with van der Waals surface area (Å²) in [6, 6.07) is 14.3. The fourth-order valence-electron chi connectivity index (χ4n) is 4.65. The molecule has 37 heavy (non-hydrogen) atoms. The molecule has 0 spiro atoms. The van der Waals surface area contributed by atoms with Gasteiger partial charge in [-0.05, 0) is 37.1 Å². The number of benzene rings is 2. The summed E-state index contributed by atoms with van der Waals surface area (Å²) in [6.07, 6.45) is 4.52. The highest BCUT2D eigenvalue weighted by atomic mass is 35.5. The number of nitrogens with one attached hydrogen (secondary N) is 2. The number of likely N-dealkylation sites (tertiary alicyclic amines) is 1. The van der Waals surface area contributed by atoms with Crippen molar-refractivity contribution in [3.63, 3.8) is 0 Å². The molecule has 2 saturated heterocycles. The van der Waals surface area contributed by atoms with Crippen molar-refractivity contribution in [1.29, 1.82) is 0 Å². The molecule has 1 amide bonds. The highest BCUT2D eigenvalue weighted by molar-refractivity contribution is 6.35. The standard InChI is InChI=1S/C27H24ClN5O4/c28-21-11-18(37-17-6-2-1-3-7-17)8-9-19(21)24(34)20-12-29-25-23(20)26(31-15-30-25)32-16-5-4-10-33(13-16)27(35)22-14-36-22/h1-3,6-9,11-12,15-16,22H,4-5,10,13-14H2,(H2,29,30,31,32). The zero-order chi connectivity index (χ0) is 25.4. The normalized spacial score (nSPS) is 19.0. The molecule has 2 fully saturated rings. The minimum atomic E-state index is -0.298. The highest BCUT2D eigenvalue weighted by Gasteiger charge is 2.37. The third-order valence-electron chi connectivity index (χ3n) is 6.56. The Kier molecular flexibility index (Phi) is 6.23. The summed E-state index contributed by atoms with van der Waals surface area (Å²) < 4.78 is 11.0. The first-order chi connectivity index (χ1) is 18.1. The molecule has 2 aliphatic rings. The molecule has 2 aromatic carbocycles. The first-order valence-electron chi connectivity index (χ1n) is 12.1. The fourth-order valence-corrected chi connectivity index (χ4v) is 4.90. The van der Waals surface area contributed by atoms with E-state index in [4.69, 9.17) is 21.1 Å². The summed E-state index contributed by atoms with van der Waals surface area (Å²) in [5, 5.41) is 4.31. The zero-order valence-electron chi connectivity index (χ0n) is 19.8. The molecule has 0 aliphatic carbocycles. The van der Waals surface area contributed by atoms with E-state index in [1.54, 1.807) is 24.4 Å². The van der Waals surface area contributed by atoms with E-state index >= 15 is 0 Å². The summed E-state index contributed by atoms with van der Waals surface area (Å²) in [4.78, 5) is 39.7. The van der Waals surface area contributed by atoms with Crippen molar-refractivity contribution in [2.24, 2.45) is 0 Å². The molecule has 2 aliphatic heterocycles. The van der Waals surface area contributed by atoms with E-state index in [9.17, 15) is 9.59 Å². The Hall–Kier alpha value is -3.95. The molecule has 0 bridgehead atoms. The van der Waals surface area contributed by atoms with Gasteiger partial charge in [0.15, 0.2) is 11.9 Å². The van der Waals surface area contributed by atoms with Crippen molar-refractivity contribution in [3.8, 4) is 11.5 Å². The quantitative estimate of drug-likeness (QED) is 0.275. The lowest BCUT2D eigenvalue weighted by atomic mass is 10.0. The summed E-state index contributed by atoms with van der Waals surface area (Å²) in [5.74, 6) is 1.52. The smallest absolute Gasteiger partial charge is 0.254 e. The summed E-state index contributed by atoms with van der Waals surface area (Å²) >= 11 is 6.52. The Bertz CT molecular complexity index is 1470. The van der Waals surface area contributed by atoms with Crippen molar-refractivity contribution in [1.82, 2.24) is 19.9 Å². The Balaban J connectivity index is 1.25. The van der Waals surface area contributed by atoms with Crippen molar-refractivity contribution in [2.75, 3.05) is 25.0 Å². The largest absolute Gasteiger partial charge is 0.457 e. The third kappa shape index (κ3) is 4.87. The monoisotopic (exact) mass is 517 g/mol. The van der Waals surface area contributed by atoms with Crippen LogP contribution in [0.4, 0.5) is 5.82 Å². The lowest BCUT2D eigenvalue weighted by Crippen LogP contribution is -2.46. The first-order valence-corrected chi connectivity index (χ1v) is 12.5. The molecule has 4 aromatic rings. The first kappa shape index (κ1) is 23.4. The molecule has 0 radical (unpaired) electrons. The van der Waals surface area contributed by atoms with Crippen molar-refractivity contribution in [3.05, 3.63) is 77.2 Å². The van der Waals surface area contributed by atoms with E-state index in [-0.39, 0.29) is 28.9 Å². The second kappa shape index (κ2) is 9.84. The number of halogens is 1. The molecule has 4 heterocycles. The Morgan fingerprint density at radius 2 is 1.95 bits per heavy atom. The number of rotatable bonds is 7. The second-order valence-corrected chi connectivity index (χ2v) is 9.53. The van der Waals surface area contributed by atoms with Crippen LogP contribution in [0.3, 0.4) is 0 Å². The number of hydrogen-bond donors (Lipinski definition) is 2. The molecule has 9 nitrogen and oxygen atoms in total. The van der Waals surface area contributed by atoms with Crippen molar-refractivity contribution in [2.45, 2.75) is 25.0 Å². The summed E-state index contributed by atoms with van der Waals surface area (Å²) in [6.45, 7) is 1.76. The lowest BCUT2D eigenvalue weighted by Gasteiger charge is -2.33. The van der Waals surface area contributed by atoms with Crippen LogP contribution in [0.15, 0.2) is 61.1 Å². The topological polar surface area (TPSA) is 113 Å². The Morgan fingerprint density at radius 3 is 2.73 bits per heavy atom. The SMILES string of the molecule is O=C(c1ccc(Oc2ccccc2)cc1Cl)c1c[nH]c2ncnc(NC3CCCN(C(=O)C4CO4)C3)c12. The minimum absolute atomic E-state index is 0.00888. The van der Waals surface area contributed by atoms with Gasteiger partial charge in [0.25, 0.3) is 5.91 Å². The van der Waals surface area contributed by atoms with E-state index in [2.05, 4.69) is 20.3 Å². The number of carbonyl (C=O) groups excluding carboxylic acids is 2. The Morgan fingerprint density at radius 1 is 1.11 bits per heavy atom. The third-order valence-corrected chi connectivity index (χ3v) is 6.87. The van der Waals surface area contributed by atoms with Gasteiger partial charge < -0.3 is 24.7 Å². The van der Waals surface area contributed by atoms with E-state index in [0.717, 1.165) is 12.8 Å². The van der Waals surface area contributed by atoms with E-state index in [1.165, 1.54) is 6.33 Å². The van der Waals surface area contributed by atoms with Crippen LogP contribution in [0.2, 0.25) is 5.02 Å². The molecule has 2 atom stereocenters. The number of aromatic amines is 1. The lowest BCUT2D eigenvalue weighted by molar-refractivity contribution is -0.133. The maximum atomic E-state index is 13.6. The van der Waals surface area contributed by atoms with Gasteiger partial charge in [0, 0.05) is 37.0 Å². The number of ether oxygens (including phenoxy) is 2. The number of H-pyrrole nitrogens is 1. The fraction of sp³-hybridized carbons (Fsp3) is 0.259. The van der Waals surface area contributed by atoms with Gasteiger partial charge in [-0.25, -0.2) is 9.97 Å². The predicted octanol–water partition coefficient (Wildman–Crippen LogP) is 4.44. The number of para-hydroxylation sites is 1. The molecular formula is C27H24ClN5O4. The van der Waals surface area contributed by atoms with Crippen LogP contribution in [0, 0.1) is 0 Å². The summed E-state index contributed by atoms with van der Waals surface area (Å²) in [5.41, 5.74) is 1.29. The molecular weight excluding hydrogens is 494 g/mol. The number of piperidine rings is 1. The molecule has 2 N–H and O–H groups in total. The number of fused-ring (bicyclic) bond motifs is 1. The van der Waals surface area contributed by atoms with Crippen LogP contribution in [-0.2, 0) is 9.53 Å². The van der Waals surface area contributed by atoms with E-state index in [0.29, 0.717) is 59.2 Å². The predicted molar refractivity (Wildman–Crippen MR) is 138 cm³/mol. The van der Waals surface area contributed by atoms with Crippen LogP contribution in [-0.4, -0.2) is 63.4 Å². The van der Waals surface area contributed by atoms with Gasteiger partial charge in [0.2, 0.25) is 0 Å². The van der Waals surface area contributed by atoms with Crippen molar-refractivity contribution < 1.29 is 19.1 Å². The zero-order valence-corrected chi connectivity index (χ0v) is 20.6. The Labute approximate surface area is 217 Å². The molecule has 6 rings (SSSR count). The number of hydrogen-bond acceptors (Lipinski definition) is 7. The average molecular weight is 518 g/mol. The number of ketones is 1. The molecule has 2 unspecified atom stereocenters. The van der Waals surface area contributed by atoms with E-state index < -0.39 is 0 Å².